The number of hydrogen-bond donors (Lipinski definition) is 2. The molecule has 0 spiro atoms. The van der Waals surface area contributed by atoms with Gasteiger partial charge in [0.1, 0.15) is 5.82 Å². The first-order valence-corrected chi connectivity index (χ1v) is 9.54. The lowest BCUT2D eigenvalue weighted by Gasteiger charge is -2.28. The van der Waals surface area contributed by atoms with Crippen molar-refractivity contribution in [3.8, 4) is 11.4 Å². The Morgan fingerprint density at radius 2 is 1.72 bits per heavy atom. The second kappa shape index (κ2) is 8.28. The minimum atomic E-state index is -0.454. The van der Waals surface area contributed by atoms with Crippen LogP contribution >= 0.6 is 0 Å². The third-order valence-electron chi connectivity index (χ3n) is 4.80. The Hall–Kier alpha value is -3.45. The number of aromatic nitrogens is 2. The van der Waals surface area contributed by atoms with Gasteiger partial charge in [-0.05, 0) is 43.3 Å². The molecule has 1 fully saturated rings. The van der Waals surface area contributed by atoms with Crippen molar-refractivity contribution in [3.63, 3.8) is 0 Å². The number of carbonyl (C=O) groups is 1. The van der Waals surface area contributed by atoms with Crippen LogP contribution in [0.15, 0.2) is 54.6 Å². The summed E-state index contributed by atoms with van der Waals surface area (Å²) in [5.41, 5.74) is 9.58. The SMILES string of the molecule is Cc1cc(Nc2ccc(N3CCOCC3)cc2)nc(-c2ccc(C(N)=O)cc2)n1. The maximum absolute atomic E-state index is 11.3. The molecule has 3 N–H and O–H groups in total. The number of aryl methyl sites for hydroxylation is 1. The van der Waals surface area contributed by atoms with E-state index in [1.54, 1.807) is 24.3 Å². The highest BCUT2D eigenvalue weighted by Crippen LogP contribution is 2.23. The summed E-state index contributed by atoms with van der Waals surface area (Å²) in [5.74, 6) is 0.851. The zero-order valence-corrected chi connectivity index (χ0v) is 16.3. The third-order valence-corrected chi connectivity index (χ3v) is 4.80. The molecule has 0 saturated carbocycles. The van der Waals surface area contributed by atoms with E-state index in [1.807, 2.05) is 25.1 Å². The van der Waals surface area contributed by atoms with Gasteiger partial charge in [0, 0.05) is 47.4 Å². The average molecular weight is 389 g/mol. The molecule has 2 aromatic carbocycles. The van der Waals surface area contributed by atoms with Crippen molar-refractivity contribution < 1.29 is 9.53 Å². The molecule has 0 aliphatic carbocycles. The summed E-state index contributed by atoms with van der Waals surface area (Å²) in [6.07, 6.45) is 0. The Kier molecular flexibility index (Phi) is 5.39. The molecule has 148 valence electrons. The predicted molar refractivity (Wildman–Crippen MR) is 113 cm³/mol. The minimum absolute atomic E-state index is 0.454. The molecule has 1 aliphatic rings. The van der Waals surface area contributed by atoms with Crippen LogP contribution in [0.4, 0.5) is 17.2 Å². The van der Waals surface area contributed by atoms with Crippen LogP contribution in [0.1, 0.15) is 16.1 Å². The van der Waals surface area contributed by atoms with E-state index in [9.17, 15) is 4.79 Å². The van der Waals surface area contributed by atoms with Crippen molar-refractivity contribution >= 4 is 23.1 Å². The Morgan fingerprint density at radius 1 is 1.03 bits per heavy atom. The van der Waals surface area contributed by atoms with Gasteiger partial charge in [0.25, 0.3) is 0 Å². The number of rotatable bonds is 5. The van der Waals surface area contributed by atoms with Gasteiger partial charge in [0.05, 0.1) is 13.2 Å². The molecule has 0 unspecified atom stereocenters. The van der Waals surface area contributed by atoms with E-state index in [4.69, 9.17) is 10.5 Å². The second-order valence-electron chi connectivity index (χ2n) is 6.93. The van der Waals surface area contributed by atoms with Crippen LogP contribution in [0, 0.1) is 6.92 Å². The molecule has 1 aliphatic heterocycles. The molecule has 0 atom stereocenters. The monoisotopic (exact) mass is 389 g/mol. The lowest BCUT2D eigenvalue weighted by molar-refractivity contribution is 0.100. The summed E-state index contributed by atoms with van der Waals surface area (Å²) >= 11 is 0. The summed E-state index contributed by atoms with van der Waals surface area (Å²) in [5, 5.41) is 3.35. The van der Waals surface area contributed by atoms with Crippen molar-refractivity contribution in [2.45, 2.75) is 6.92 Å². The quantitative estimate of drug-likeness (QED) is 0.696. The zero-order chi connectivity index (χ0) is 20.2. The Bertz CT molecular complexity index is 997. The fraction of sp³-hybridized carbons (Fsp3) is 0.227. The Labute approximate surface area is 169 Å². The number of anilines is 3. The molecule has 2 heterocycles. The van der Waals surface area contributed by atoms with Crippen molar-refractivity contribution in [1.29, 1.82) is 0 Å². The number of primary amides is 1. The van der Waals surface area contributed by atoms with Gasteiger partial charge >= 0.3 is 0 Å². The van der Waals surface area contributed by atoms with Gasteiger partial charge in [0.2, 0.25) is 5.91 Å². The number of morpholine rings is 1. The number of ether oxygens (including phenoxy) is 1. The van der Waals surface area contributed by atoms with Gasteiger partial charge < -0.3 is 20.7 Å². The van der Waals surface area contributed by atoms with E-state index < -0.39 is 5.91 Å². The van der Waals surface area contributed by atoms with E-state index in [0.29, 0.717) is 17.2 Å². The van der Waals surface area contributed by atoms with Gasteiger partial charge in [-0.15, -0.1) is 0 Å². The van der Waals surface area contributed by atoms with Crippen LogP contribution < -0.4 is 16.0 Å². The van der Waals surface area contributed by atoms with Gasteiger partial charge in [-0.1, -0.05) is 12.1 Å². The number of nitrogens with one attached hydrogen (secondary N) is 1. The second-order valence-corrected chi connectivity index (χ2v) is 6.93. The molecular formula is C22H23N5O2. The van der Waals surface area contributed by atoms with Gasteiger partial charge in [-0.25, -0.2) is 9.97 Å². The van der Waals surface area contributed by atoms with E-state index in [1.165, 1.54) is 5.69 Å². The summed E-state index contributed by atoms with van der Waals surface area (Å²) in [6, 6.07) is 17.2. The van der Waals surface area contributed by atoms with Gasteiger partial charge in [-0.3, -0.25) is 4.79 Å². The van der Waals surface area contributed by atoms with E-state index in [2.05, 4.69) is 32.3 Å². The molecule has 1 saturated heterocycles. The van der Waals surface area contributed by atoms with Gasteiger partial charge in [-0.2, -0.15) is 0 Å². The highest BCUT2D eigenvalue weighted by molar-refractivity contribution is 5.93. The van der Waals surface area contributed by atoms with Crippen LogP contribution in [0.5, 0.6) is 0 Å². The first-order valence-electron chi connectivity index (χ1n) is 9.54. The first-order chi connectivity index (χ1) is 14.1. The van der Waals surface area contributed by atoms with Crippen molar-refractivity contribution in [1.82, 2.24) is 9.97 Å². The molecule has 3 aromatic rings. The summed E-state index contributed by atoms with van der Waals surface area (Å²) in [4.78, 5) is 22.7. The maximum Gasteiger partial charge on any atom is 0.248 e. The fourth-order valence-electron chi connectivity index (χ4n) is 3.27. The Morgan fingerprint density at radius 3 is 2.38 bits per heavy atom. The first kappa shape index (κ1) is 18.9. The molecule has 0 radical (unpaired) electrons. The van der Waals surface area contributed by atoms with Crippen LogP contribution in [-0.4, -0.2) is 42.2 Å². The molecule has 1 amide bonds. The average Bonchev–Trinajstić information content (AvgIpc) is 2.74. The molecule has 4 rings (SSSR count). The molecule has 29 heavy (non-hydrogen) atoms. The van der Waals surface area contributed by atoms with Crippen molar-refractivity contribution in [3.05, 3.63) is 65.9 Å². The smallest absolute Gasteiger partial charge is 0.248 e. The Balaban J connectivity index is 1.52. The minimum Gasteiger partial charge on any atom is -0.378 e. The highest BCUT2D eigenvalue weighted by Gasteiger charge is 2.11. The highest BCUT2D eigenvalue weighted by atomic mass is 16.5. The number of nitrogens with zero attached hydrogens (tertiary/aromatic N) is 3. The molecule has 1 aromatic heterocycles. The van der Waals surface area contributed by atoms with Crippen molar-refractivity contribution in [2.75, 3.05) is 36.5 Å². The van der Waals surface area contributed by atoms with Gasteiger partial charge in [0.15, 0.2) is 5.82 Å². The lowest BCUT2D eigenvalue weighted by atomic mass is 10.1. The summed E-state index contributed by atoms with van der Waals surface area (Å²) in [6.45, 7) is 5.29. The van der Waals surface area contributed by atoms with Crippen LogP contribution in [0.2, 0.25) is 0 Å². The number of hydrogen-bond acceptors (Lipinski definition) is 6. The number of amides is 1. The standard InChI is InChI=1S/C22H23N5O2/c1-15-14-20(26-22(24-15)17-4-2-16(3-5-17)21(23)28)25-18-6-8-19(9-7-18)27-10-12-29-13-11-27/h2-9,14H,10-13H2,1H3,(H2,23,28)(H,24,25,26). The van der Waals surface area contributed by atoms with Crippen LogP contribution in [-0.2, 0) is 4.74 Å². The lowest BCUT2D eigenvalue weighted by Crippen LogP contribution is -2.36. The van der Waals surface area contributed by atoms with Crippen molar-refractivity contribution in [2.24, 2.45) is 5.73 Å². The summed E-state index contributed by atoms with van der Waals surface area (Å²) in [7, 11) is 0. The molecule has 7 nitrogen and oxygen atoms in total. The van der Waals surface area contributed by atoms with E-state index in [0.717, 1.165) is 43.2 Å². The molecular weight excluding hydrogens is 366 g/mol. The molecule has 0 bridgehead atoms. The normalized spacial score (nSPS) is 13.9. The predicted octanol–water partition coefficient (Wildman–Crippen LogP) is 3.13. The topological polar surface area (TPSA) is 93.4 Å². The molecule has 7 heteroatoms. The fourth-order valence-corrected chi connectivity index (χ4v) is 3.27. The number of nitrogens with two attached hydrogens (primary N) is 1. The maximum atomic E-state index is 11.3. The van der Waals surface area contributed by atoms with E-state index >= 15 is 0 Å². The summed E-state index contributed by atoms with van der Waals surface area (Å²) < 4.78 is 5.41. The third kappa shape index (κ3) is 4.52. The zero-order valence-electron chi connectivity index (χ0n) is 16.3. The largest absolute Gasteiger partial charge is 0.378 e. The number of carbonyl (C=O) groups excluding carboxylic acids is 1. The van der Waals surface area contributed by atoms with E-state index in [-0.39, 0.29) is 0 Å². The van der Waals surface area contributed by atoms with Crippen LogP contribution in [0.3, 0.4) is 0 Å². The van der Waals surface area contributed by atoms with Crippen LogP contribution in [0.25, 0.3) is 11.4 Å². The number of benzene rings is 2.